The molecule has 0 N–H and O–H groups in total. The van der Waals surface area contributed by atoms with Crippen LogP contribution in [0.1, 0.15) is 37.9 Å². The Morgan fingerprint density at radius 1 is 1.33 bits per heavy atom. The van der Waals surface area contributed by atoms with Crippen molar-refractivity contribution in [1.29, 1.82) is 0 Å². The summed E-state index contributed by atoms with van der Waals surface area (Å²) in [5, 5.41) is 0.298. The van der Waals surface area contributed by atoms with Crippen LogP contribution in [0.25, 0.3) is 11.0 Å². The largest absolute Gasteiger partial charge is 0.496 e. The Balaban J connectivity index is 1.87. The fourth-order valence-electron chi connectivity index (χ4n) is 3.80. The molecule has 3 aliphatic heterocycles. The summed E-state index contributed by atoms with van der Waals surface area (Å²) >= 11 is 0. The number of hydrogen-bond donors (Lipinski definition) is 0. The summed E-state index contributed by atoms with van der Waals surface area (Å²) in [6.07, 6.45) is 0.414. The fourth-order valence-corrected chi connectivity index (χ4v) is 3.80. The van der Waals surface area contributed by atoms with Gasteiger partial charge in [0.1, 0.15) is 22.6 Å². The van der Waals surface area contributed by atoms with E-state index in [-0.39, 0.29) is 35.8 Å². The van der Waals surface area contributed by atoms with Crippen LogP contribution in [0.3, 0.4) is 0 Å². The highest BCUT2D eigenvalue weighted by Gasteiger charge is 2.43. The summed E-state index contributed by atoms with van der Waals surface area (Å²) in [6, 6.07) is 1.46. The maximum absolute atomic E-state index is 12.5. The van der Waals surface area contributed by atoms with E-state index in [1.54, 1.807) is 0 Å². The number of esters is 1. The molecule has 24 heavy (non-hydrogen) atoms. The molecular weight excluding hydrogens is 316 g/mol. The van der Waals surface area contributed by atoms with Crippen molar-refractivity contribution >= 4 is 16.9 Å². The van der Waals surface area contributed by atoms with Crippen LogP contribution in [0.15, 0.2) is 15.3 Å². The van der Waals surface area contributed by atoms with E-state index in [0.29, 0.717) is 35.3 Å². The molecule has 0 bridgehead atoms. The molecular formula is C17H14O7. The number of carbonyl (C=O) groups excluding carboxylic acids is 1. The molecule has 7 nitrogen and oxygen atoms in total. The quantitative estimate of drug-likeness (QED) is 0.580. The predicted octanol–water partition coefficient (Wildman–Crippen LogP) is 1.74. The van der Waals surface area contributed by atoms with Crippen LogP contribution in [-0.4, -0.2) is 32.5 Å². The van der Waals surface area contributed by atoms with Crippen molar-refractivity contribution in [2.24, 2.45) is 0 Å². The van der Waals surface area contributed by atoms with Crippen molar-refractivity contribution in [2.75, 3.05) is 20.3 Å². The first-order chi connectivity index (χ1) is 12.8. The molecule has 0 unspecified atom stereocenters. The predicted molar refractivity (Wildman–Crippen MR) is 80.7 cm³/mol. The number of hydrogen-bond acceptors (Lipinski definition) is 7. The Labute approximate surface area is 140 Å². The van der Waals surface area contributed by atoms with Crippen molar-refractivity contribution in [3.8, 4) is 11.5 Å². The summed E-state index contributed by atoms with van der Waals surface area (Å²) in [5.74, 6) is -0.594. The summed E-state index contributed by atoms with van der Waals surface area (Å²) < 4.78 is 49.2. The summed E-state index contributed by atoms with van der Waals surface area (Å²) in [6.45, 7) is 0.589. The van der Waals surface area contributed by atoms with Gasteiger partial charge in [-0.05, 0) is 12.0 Å². The monoisotopic (exact) mass is 333 g/mol. The van der Waals surface area contributed by atoms with E-state index in [0.717, 1.165) is 0 Å². The molecule has 3 aliphatic rings. The summed E-state index contributed by atoms with van der Waals surface area (Å²) in [5.41, 5.74) is 0.161. The second-order valence-electron chi connectivity index (χ2n) is 5.97. The lowest BCUT2D eigenvalue weighted by atomic mass is 9.92. The minimum Gasteiger partial charge on any atom is -0.496 e. The molecule has 1 saturated heterocycles. The molecule has 0 saturated carbocycles. The highest BCUT2D eigenvalue weighted by atomic mass is 16.7. The van der Waals surface area contributed by atoms with Crippen LogP contribution in [-0.2, 0) is 15.9 Å². The van der Waals surface area contributed by atoms with E-state index < -0.39 is 24.9 Å². The van der Waals surface area contributed by atoms with Crippen molar-refractivity contribution in [3.05, 3.63) is 33.2 Å². The molecule has 4 heterocycles. The van der Waals surface area contributed by atoms with Gasteiger partial charge in [0.25, 0.3) is 0 Å². The maximum Gasteiger partial charge on any atom is 0.351 e. The van der Waals surface area contributed by atoms with Gasteiger partial charge in [0.15, 0.2) is 0 Å². The molecule has 5 rings (SSSR count). The van der Waals surface area contributed by atoms with E-state index >= 15 is 0 Å². The third kappa shape index (κ3) is 1.65. The SMILES string of the molecule is [2H]C([2H])([2H])Oc1cc2c(c3oc(=O)c4c(c13)CCOC4=O)[C@@H]1CCO[C@@H]1O2. The third-order valence-electron chi connectivity index (χ3n) is 4.80. The Kier molecular flexibility index (Phi) is 2.19. The molecule has 0 aliphatic carbocycles. The van der Waals surface area contributed by atoms with E-state index in [1.165, 1.54) is 6.07 Å². The smallest absolute Gasteiger partial charge is 0.351 e. The molecule has 0 amide bonds. The fraction of sp³-hybridized carbons (Fsp3) is 0.412. The van der Waals surface area contributed by atoms with E-state index in [2.05, 4.69) is 0 Å². The van der Waals surface area contributed by atoms with E-state index in [9.17, 15) is 9.59 Å². The number of carbonyl (C=O) groups is 1. The highest BCUT2D eigenvalue weighted by molar-refractivity contribution is 6.01. The number of benzene rings is 1. The van der Waals surface area contributed by atoms with Crippen LogP contribution >= 0.6 is 0 Å². The van der Waals surface area contributed by atoms with Gasteiger partial charge in [0.2, 0.25) is 6.29 Å². The van der Waals surface area contributed by atoms with Crippen molar-refractivity contribution in [3.63, 3.8) is 0 Å². The molecule has 1 aromatic carbocycles. The Morgan fingerprint density at radius 3 is 3.12 bits per heavy atom. The van der Waals surface area contributed by atoms with Gasteiger partial charge in [-0.15, -0.1) is 0 Å². The first kappa shape index (κ1) is 11.1. The van der Waals surface area contributed by atoms with Gasteiger partial charge in [-0.1, -0.05) is 0 Å². The Bertz CT molecular complexity index is 1040. The van der Waals surface area contributed by atoms with E-state index in [1.807, 2.05) is 0 Å². The number of rotatable bonds is 1. The number of ether oxygens (including phenoxy) is 4. The average molecular weight is 333 g/mol. The third-order valence-corrected chi connectivity index (χ3v) is 4.80. The Hall–Kier alpha value is -2.54. The average Bonchev–Trinajstić information content (AvgIpc) is 3.13. The molecule has 1 fully saturated rings. The van der Waals surface area contributed by atoms with Gasteiger partial charge in [-0.3, -0.25) is 0 Å². The van der Waals surface area contributed by atoms with Gasteiger partial charge < -0.3 is 23.4 Å². The van der Waals surface area contributed by atoms with Crippen LogP contribution in [0.5, 0.6) is 11.5 Å². The van der Waals surface area contributed by atoms with Gasteiger partial charge in [-0.25, -0.2) is 9.59 Å². The van der Waals surface area contributed by atoms with Crippen molar-refractivity contribution in [1.82, 2.24) is 0 Å². The molecule has 0 radical (unpaired) electrons. The van der Waals surface area contributed by atoms with Crippen molar-refractivity contribution in [2.45, 2.75) is 25.0 Å². The summed E-state index contributed by atoms with van der Waals surface area (Å²) in [4.78, 5) is 24.6. The molecule has 1 aromatic heterocycles. The normalized spacial score (nSPS) is 26.5. The maximum atomic E-state index is 12.5. The standard InChI is InChI=1S/C17H14O7/c1-20-9-6-10-12(8-3-5-22-17(8)23-10)14-11(9)7-2-4-21-15(18)13(7)16(19)24-14/h6,8,17H,2-5H2,1H3/t8-,17+/m0/s1/i1D3. The van der Waals surface area contributed by atoms with Gasteiger partial charge in [0, 0.05) is 18.1 Å². The lowest BCUT2D eigenvalue weighted by Gasteiger charge is -2.19. The zero-order valence-corrected chi connectivity index (χ0v) is 12.4. The van der Waals surface area contributed by atoms with Crippen LogP contribution in [0.4, 0.5) is 0 Å². The second-order valence-corrected chi connectivity index (χ2v) is 5.97. The minimum absolute atomic E-state index is 0.0292. The lowest BCUT2D eigenvalue weighted by Crippen LogP contribution is -2.26. The van der Waals surface area contributed by atoms with Crippen LogP contribution in [0.2, 0.25) is 0 Å². The van der Waals surface area contributed by atoms with Crippen LogP contribution in [0, 0.1) is 0 Å². The molecule has 7 heteroatoms. The highest BCUT2D eigenvalue weighted by Crippen LogP contribution is 2.50. The zero-order valence-electron chi connectivity index (χ0n) is 15.4. The van der Waals surface area contributed by atoms with Crippen molar-refractivity contribution < 1.29 is 32.3 Å². The minimum atomic E-state index is -2.73. The van der Waals surface area contributed by atoms with Gasteiger partial charge >= 0.3 is 11.6 Å². The molecule has 2 aromatic rings. The lowest BCUT2D eigenvalue weighted by molar-refractivity contribution is -0.0337. The molecule has 124 valence electrons. The first-order valence-electron chi connectivity index (χ1n) is 9.14. The van der Waals surface area contributed by atoms with Crippen LogP contribution < -0.4 is 15.1 Å². The topological polar surface area (TPSA) is 84.2 Å². The van der Waals surface area contributed by atoms with E-state index in [4.69, 9.17) is 27.5 Å². The Morgan fingerprint density at radius 2 is 2.25 bits per heavy atom. The molecule has 0 spiro atoms. The zero-order chi connectivity index (χ0) is 18.9. The number of fused-ring (bicyclic) bond motifs is 7. The molecule has 2 atom stereocenters. The second kappa shape index (κ2) is 4.73. The van der Waals surface area contributed by atoms with Gasteiger partial charge in [0.05, 0.1) is 35.7 Å². The summed E-state index contributed by atoms with van der Waals surface area (Å²) in [7, 11) is -2.73. The number of cyclic esters (lactones) is 1. The first-order valence-corrected chi connectivity index (χ1v) is 7.64. The number of methoxy groups -OCH3 is 1. The van der Waals surface area contributed by atoms with Gasteiger partial charge in [-0.2, -0.15) is 0 Å².